The maximum Gasteiger partial charge on any atom is 0.329 e. The van der Waals surface area contributed by atoms with Crippen LogP contribution in [-0.4, -0.2) is 44.1 Å². The fraction of sp³-hybridized carbons (Fsp3) is 0.455. The predicted octanol–water partition coefficient (Wildman–Crippen LogP) is 0.948. The van der Waals surface area contributed by atoms with Gasteiger partial charge in [0, 0.05) is 18.9 Å². The molecule has 0 aliphatic carbocycles. The van der Waals surface area contributed by atoms with Crippen molar-refractivity contribution < 1.29 is 14.7 Å². The lowest BCUT2D eigenvalue weighted by atomic mass is 10.00. The zero-order valence-corrected chi connectivity index (χ0v) is 9.96. The Kier molecular flexibility index (Phi) is 3.14. The van der Waals surface area contributed by atoms with Crippen molar-refractivity contribution in [1.29, 1.82) is 0 Å². The van der Waals surface area contributed by atoms with Crippen molar-refractivity contribution in [1.82, 2.24) is 14.9 Å². The molecule has 1 saturated heterocycles. The summed E-state index contributed by atoms with van der Waals surface area (Å²) in [6.07, 6.45) is 4.13. The van der Waals surface area contributed by atoms with Crippen LogP contribution in [-0.2, 0) is 4.79 Å². The van der Waals surface area contributed by atoms with Crippen molar-refractivity contribution >= 4 is 17.9 Å². The highest BCUT2D eigenvalue weighted by Crippen LogP contribution is 2.29. The van der Waals surface area contributed by atoms with Crippen LogP contribution in [0.2, 0.25) is 0 Å². The number of hydrogen-bond donors (Lipinski definition) is 2. The van der Waals surface area contributed by atoms with E-state index in [4.69, 9.17) is 0 Å². The second-order valence-electron chi connectivity index (χ2n) is 4.34. The van der Waals surface area contributed by atoms with Gasteiger partial charge in [-0.05, 0) is 25.8 Å². The largest absolute Gasteiger partial charge is 0.480 e. The molecular formula is C11H14N4O3. The molecule has 0 bridgehead atoms. The number of nitrogens with zero attached hydrogens (tertiary/aromatic N) is 3. The Morgan fingerprint density at radius 2 is 2.11 bits per heavy atom. The first-order valence-electron chi connectivity index (χ1n) is 5.63. The molecule has 96 valence electrons. The topological polar surface area (TPSA) is 95.4 Å². The molecule has 1 fully saturated rings. The number of carbonyl (C=O) groups excluding carboxylic acids is 1. The van der Waals surface area contributed by atoms with Crippen LogP contribution in [0.5, 0.6) is 0 Å². The number of urea groups is 1. The molecule has 0 saturated carbocycles. The van der Waals surface area contributed by atoms with Crippen molar-refractivity contribution in [2.75, 3.05) is 11.9 Å². The summed E-state index contributed by atoms with van der Waals surface area (Å²) in [5.41, 5.74) is -1.15. The molecule has 0 spiro atoms. The molecular weight excluding hydrogens is 236 g/mol. The number of carboxylic acids is 1. The van der Waals surface area contributed by atoms with Crippen LogP contribution in [0.3, 0.4) is 0 Å². The number of carboxylic acid groups (broad SMARTS) is 1. The fourth-order valence-corrected chi connectivity index (χ4v) is 2.04. The van der Waals surface area contributed by atoms with Gasteiger partial charge in [0.1, 0.15) is 5.54 Å². The third-order valence-corrected chi connectivity index (χ3v) is 3.13. The maximum atomic E-state index is 12.0. The Morgan fingerprint density at radius 1 is 1.44 bits per heavy atom. The number of hydrogen-bond acceptors (Lipinski definition) is 4. The molecule has 1 aliphatic heterocycles. The minimum atomic E-state index is -1.15. The Labute approximate surface area is 104 Å². The molecule has 7 heteroatoms. The van der Waals surface area contributed by atoms with Crippen LogP contribution in [0.15, 0.2) is 18.5 Å². The summed E-state index contributed by atoms with van der Waals surface area (Å²) in [4.78, 5) is 32.3. The number of amides is 2. The molecule has 2 N–H and O–H groups in total. The van der Waals surface area contributed by atoms with Crippen LogP contribution >= 0.6 is 0 Å². The third kappa shape index (κ3) is 2.11. The summed E-state index contributed by atoms with van der Waals surface area (Å²) >= 11 is 0. The Morgan fingerprint density at radius 3 is 2.72 bits per heavy atom. The highest BCUT2D eigenvalue weighted by Gasteiger charge is 2.46. The van der Waals surface area contributed by atoms with Gasteiger partial charge >= 0.3 is 12.0 Å². The van der Waals surface area contributed by atoms with Crippen molar-refractivity contribution in [2.45, 2.75) is 25.3 Å². The number of carbonyl (C=O) groups is 2. The van der Waals surface area contributed by atoms with Crippen LogP contribution in [0.1, 0.15) is 19.8 Å². The normalized spacial score (nSPS) is 22.8. The van der Waals surface area contributed by atoms with E-state index in [-0.39, 0.29) is 5.95 Å². The van der Waals surface area contributed by atoms with E-state index in [1.165, 1.54) is 17.3 Å². The van der Waals surface area contributed by atoms with E-state index in [1.54, 1.807) is 13.0 Å². The van der Waals surface area contributed by atoms with Crippen LogP contribution in [0.25, 0.3) is 0 Å². The zero-order valence-electron chi connectivity index (χ0n) is 9.96. The minimum Gasteiger partial charge on any atom is -0.480 e. The molecule has 7 nitrogen and oxygen atoms in total. The van der Waals surface area contributed by atoms with Gasteiger partial charge in [0.25, 0.3) is 0 Å². The first-order chi connectivity index (χ1) is 8.54. The van der Waals surface area contributed by atoms with E-state index in [1.807, 2.05) is 0 Å². The molecule has 2 rings (SSSR count). The second-order valence-corrected chi connectivity index (χ2v) is 4.34. The van der Waals surface area contributed by atoms with Gasteiger partial charge in [-0.3, -0.25) is 5.32 Å². The molecule has 1 aliphatic rings. The highest BCUT2D eigenvalue weighted by atomic mass is 16.4. The number of rotatable bonds is 2. The van der Waals surface area contributed by atoms with Gasteiger partial charge < -0.3 is 10.0 Å². The Hall–Kier alpha value is -2.18. The molecule has 0 aromatic carbocycles. The van der Waals surface area contributed by atoms with Gasteiger partial charge in [-0.2, -0.15) is 0 Å². The lowest BCUT2D eigenvalue weighted by Gasteiger charge is -2.30. The zero-order chi connectivity index (χ0) is 13.2. The third-order valence-electron chi connectivity index (χ3n) is 3.13. The Balaban J connectivity index is 2.12. The monoisotopic (exact) mass is 250 g/mol. The van der Waals surface area contributed by atoms with E-state index in [9.17, 15) is 14.7 Å². The van der Waals surface area contributed by atoms with Crippen LogP contribution < -0.4 is 5.32 Å². The summed E-state index contributed by atoms with van der Waals surface area (Å²) in [5, 5.41) is 11.7. The van der Waals surface area contributed by atoms with E-state index < -0.39 is 17.5 Å². The second kappa shape index (κ2) is 4.59. The van der Waals surface area contributed by atoms with Gasteiger partial charge in [-0.25, -0.2) is 19.6 Å². The van der Waals surface area contributed by atoms with E-state index >= 15 is 0 Å². The summed E-state index contributed by atoms with van der Waals surface area (Å²) in [6.45, 7) is 1.97. The lowest BCUT2D eigenvalue weighted by molar-refractivity contribution is -0.146. The van der Waals surface area contributed by atoms with E-state index in [0.717, 1.165) is 0 Å². The van der Waals surface area contributed by atoms with Crippen LogP contribution in [0.4, 0.5) is 10.7 Å². The number of aromatic nitrogens is 2. The molecule has 2 heterocycles. The molecule has 1 unspecified atom stereocenters. The van der Waals surface area contributed by atoms with Crippen molar-refractivity contribution in [3.63, 3.8) is 0 Å². The first-order valence-corrected chi connectivity index (χ1v) is 5.63. The van der Waals surface area contributed by atoms with Crippen molar-refractivity contribution in [3.8, 4) is 0 Å². The summed E-state index contributed by atoms with van der Waals surface area (Å²) in [6, 6.07) is 1.15. The van der Waals surface area contributed by atoms with Gasteiger partial charge in [-0.15, -0.1) is 0 Å². The quantitative estimate of drug-likeness (QED) is 0.814. The van der Waals surface area contributed by atoms with Gasteiger partial charge in [0.15, 0.2) is 0 Å². The summed E-state index contributed by atoms with van der Waals surface area (Å²) < 4.78 is 0. The molecule has 2 amide bonds. The molecule has 1 aromatic heterocycles. The standard InChI is InChI=1S/C11H14N4O3/c1-11(8(16)17)4-2-7-15(11)10(18)14-9-12-5-3-6-13-9/h3,5-6H,2,4,7H2,1H3,(H,16,17)(H,12,13,14,18). The van der Waals surface area contributed by atoms with Gasteiger partial charge in [-0.1, -0.05) is 0 Å². The number of nitrogens with one attached hydrogen (secondary N) is 1. The number of likely N-dealkylation sites (tertiary alicyclic amines) is 1. The number of aliphatic carboxylic acids is 1. The van der Waals surface area contributed by atoms with Gasteiger partial charge in [0.05, 0.1) is 0 Å². The van der Waals surface area contributed by atoms with Crippen LogP contribution in [0, 0.1) is 0 Å². The number of anilines is 1. The minimum absolute atomic E-state index is 0.169. The highest BCUT2D eigenvalue weighted by molar-refractivity contribution is 5.93. The molecule has 0 radical (unpaired) electrons. The molecule has 1 aromatic rings. The fourth-order valence-electron chi connectivity index (χ4n) is 2.04. The molecule has 18 heavy (non-hydrogen) atoms. The smallest absolute Gasteiger partial charge is 0.329 e. The van der Waals surface area contributed by atoms with Gasteiger partial charge in [0.2, 0.25) is 5.95 Å². The average molecular weight is 250 g/mol. The lowest BCUT2D eigenvalue weighted by Crippen LogP contribution is -2.52. The summed E-state index contributed by atoms with van der Waals surface area (Å²) in [7, 11) is 0. The average Bonchev–Trinajstić information content (AvgIpc) is 2.74. The van der Waals surface area contributed by atoms with E-state index in [0.29, 0.717) is 19.4 Å². The molecule has 1 atom stereocenters. The summed E-state index contributed by atoms with van der Waals surface area (Å²) in [5.74, 6) is -0.828. The Bertz CT molecular complexity index is 465. The van der Waals surface area contributed by atoms with Crippen molar-refractivity contribution in [2.24, 2.45) is 0 Å². The van der Waals surface area contributed by atoms with E-state index in [2.05, 4.69) is 15.3 Å². The van der Waals surface area contributed by atoms with Crippen molar-refractivity contribution in [3.05, 3.63) is 18.5 Å². The predicted molar refractivity (Wildman–Crippen MR) is 63.0 cm³/mol. The first kappa shape index (κ1) is 12.3. The maximum absolute atomic E-state index is 12.0. The SMILES string of the molecule is CC1(C(=O)O)CCCN1C(=O)Nc1ncccn1.